The zero-order chi connectivity index (χ0) is 71.8. The van der Waals surface area contributed by atoms with E-state index in [1.807, 2.05) is 107 Å². The molecule has 5 aromatic rings. The Morgan fingerprint density at radius 1 is 0.406 bits per heavy atom. The molecule has 0 radical (unpaired) electrons. The third-order valence-corrected chi connectivity index (χ3v) is 12.7. The first kappa shape index (κ1) is 87.5. The van der Waals surface area contributed by atoms with E-state index in [9.17, 15) is 19.2 Å². The lowest BCUT2D eigenvalue weighted by atomic mass is 9.99. The van der Waals surface area contributed by atoms with Crippen molar-refractivity contribution in [1.29, 1.82) is 0 Å². The number of alkyl carbamates (subject to hydrolysis) is 4. The van der Waals surface area contributed by atoms with Gasteiger partial charge in [0, 0.05) is 111 Å². The van der Waals surface area contributed by atoms with Crippen molar-refractivity contribution in [2.45, 2.75) is 227 Å². The van der Waals surface area contributed by atoms with Gasteiger partial charge in [0.15, 0.2) is 0 Å². The molecular formula is C70H122N18O8. The van der Waals surface area contributed by atoms with E-state index in [0.29, 0.717) is 105 Å². The fourth-order valence-corrected chi connectivity index (χ4v) is 7.23. The quantitative estimate of drug-likeness (QED) is 0.0210. The number of amides is 4. The molecule has 4 amide bonds. The molecule has 0 fully saturated rings. The number of pyridine rings is 1. The summed E-state index contributed by atoms with van der Waals surface area (Å²) >= 11 is 0. The van der Waals surface area contributed by atoms with Crippen LogP contribution in [-0.2, 0) is 18.9 Å². The van der Waals surface area contributed by atoms with E-state index in [4.69, 9.17) is 14.2 Å². The van der Waals surface area contributed by atoms with Crippen molar-refractivity contribution in [1.82, 2.24) is 66.1 Å². The molecule has 0 aliphatic heterocycles. The van der Waals surface area contributed by atoms with Crippen molar-refractivity contribution in [3.8, 4) is 0 Å². The van der Waals surface area contributed by atoms with E-state index in [0.717, 1.165) is 35.1 Å². The van der Waals surface area contributed by atoms with Gasteiger partial charge in [0.1, 0.15) is 5.82 Å². The number of aromatic nitrogens is 9. The molecule has 96 heavy (non-hydrogen) atoms. The highest BCUT2D eigenvalue weighted by molar-refractivity contribution is 5.69. The first-order valence-corrected chi connectivity index (χ1v) is 33.2. The van der Waals surface area contributed by atoms with Gasteiger partial charge in [-0.05, 0) is 130 Å². The van der Waals surface area contributed by atoms with Crippen LogP contribution >= 0.6 is 0 Å². The Morgan fingerprint density at radius 3 is 1.04 bits per heavy atom. The molecule has 5 aromatic heterocycles. The molecule has 0 aliphatic carbocycles. The Bertz CT molecular complexity index is 2940. The number of hydrogen-bond acceptors (Lipinski definition) is 22. The molecule has 4 atom stereocenters. The summed E-state index contributed by atoms with van der Waals surface area (Å²) in [5, 5.41) is 26.7. The van der Waals surface area contributed by atoms with Crippen LogP contribution in [0, 0.1) is 17.3 Å². The molecule has 0 saturated heterocycles. The minimum atomic E-state index is -0.443. The van der Waals surface area contributed by atoms with Gasteiger partial charge in [0.05, 0.1) is 26.4 Å². The number of rotatable bonds is 28. The van der Waals surface area contributed by atoms with E-state index in [-0.39, 0.29) is 43.1 Å². The fraction of sp³-hybridized carbons (Fsp3) is 0.643. The number of ether oxygens (including phenoxy) is 4. The third kappa shape index (κ3) is 42.8. The number of carbonyl (C=O) groups excluding carboxylic acids is 4. The van der Waals surface area contributed by atoms with E-state index in [1.54, 1.807) is 24.8 Å². The molecule has 0 aliphatic rings. The molecule has 0 aromatic carbocycles. The van der Waals surface area contributed by atoms with Crippen LogP contribution in [0.25, 0.3) is 0 Å². The van der Waals surface area contributed by atoms with Gasteiger partial charge in [-0.25, -0.2) is 64.0 Å². The van der Waals surface area contributed by atoms with Crippen molar-refractivity contribution < 1.29 is 38.1 Å². The van der Waals surface area contributed by atoms with Gasteiger partial charge in [-0.1, -0.05) is 125 Å². The molecule has 26 nitrogen and oxygen atoms in total. The number of hydrogen-bond donors (Lipinski definition) is 9. The van der Waals surface area contributed by atoms with Crippen LogP contribution in [0.1, 0.15) is 225 Å². The predicted molar refractivity (Wildman–Crippen MR) is 388 cm³/mol. The number of carbonyl (C=O) groups is 4. The Morgan fingerprint density at radius 2 is 0.740 bits per heavy atom. The predicted octanol–water partition coefficient (Wildman–Crippen LogP) is 14.2. The first-order chi connectivity index (χ1) is 44.5. The number of nitrogens with one attached hydrogen (secondary N) is 9. The molecule has 0 saturated carbocycles. The van der Waals surface area contributed by atoms with E-state index >= 15 is 0 Å². The standard InChI is InChI=1S/C16H28N4O2.C15H26N4O2.C14H24N4O2.C12H20N4O2.C12H20N2.CH4/c1-11(2)13-7-8-17-14(20-13)18-9-12(3)19-15(21)22-10-16(4,5)6;1-10(2)9-21-15(20)18-12(5)8-17-14-16-7-6-13(19-14)11(3)4;1-9(2)12-6-7-15-13(18-12)16-8-11(5)17-14(19)20-10(3)4;1-8(2)10-5-6-13-11(16-10)14-7-9(3)15-12(17)18-4;1-9(2)8-14-12-7-11(10(3)4)5-6-13-12;/h7-8,11-12H,9-10H2,1-6H3,(H,19,21)(H,17,18,20);6-7,10-12H,8-9H2,1-5H3,(H,18,20)(H,16,17,19);6-7,9-11H,8H2,1-5H3,(H,17,19)(H,15,16,18);5-6,8-9H,7H2,1-4H3,(H,15,17)(H,13,14,16);5-7,9-10H,8H2,1-4H3,(H,13,14);1H4/t2*12-;11-;9-;;/m1111../s1. The maximum atomic E-state index is 11.7. The zero-order valence-electron chi connectivity index (χ0n) is 61.5. The van der Waals surface area contributed by atoms with Crippen LogP contribution in [0.2, 0.25) is 0 Å². The lowest BCUT2D eigenvalue weighted by Crippen LogP contribution is -2.39. The van der Waals surface area contributed by atoms with Crippen LogP contribution in [0.5, 0.6) is 0 Å². The summed E-state index contributed by atoms with van der Waals surface area (Å²) in [5.74, 6) is 6.25. The molecule has 0 spiro atoms. The van der Waals surface area contributed by atoms with Gasteiger partial charge in [-0.3, -0.25) is 0 Å². The molecular weight excluding hydrogens is 1220 g/mol. The van der Waals surface area contributed by atoms with Gasteiger partial charge in [-0.15, -0.1) is 0 Å². The summed E-state index contributed by atoms with van der Waals surface area (Å²) in [6.07, 6.45) is 7.03. The smallest absolute Gasteiger partial charge is 0.407 e. The summed E-state index contributed by atoms with van der Waals surface area (Å²) in [6, 6.07) is 11.5. The van der Waals surface area contributed by atoms with E-state index < -0.39 is 24.4 Å². The van der Waals surface area contributed by atoms with Crippen LogP contribution in [0.15, 0.2) is 67.4 Å². The molecule has 540 valence electrons. The van der Waals surface area contributed by atoms with E-state index in [1.165, 1.54) is 12.7 Å². The Hall–Kier alpha value is -8.45. The number of anilines is 5. The van der Waals surface area contributed by atoms with Crippen LogP contribution < -0.4 is 47.9 Å². The van der Waals surface area contributed by atoms with Crippen molar-refractivity contribution in [3.05, 3.63) is 95.7 Å². The summed E-state index contributed by atoms with van der Waals surface area (Å²) in [5.41, 5.74) is 5.26. The molecule has 0 bridgehead atoms. The molecule has 9 N–H and O–H groups in total. The van der Waals surface area contributed by atoms with Gasteiger partial charge in [0.25, 0.3) is 0 Å². The summed E-state index contributed by atoms with van der Waals surface area (Å²) in [4.78, 5) is 84.1. The second-order valence-electron chi connectivity index (χ2n) is 27.0. The summed E-state index contributed by atoms with van der Waals surface area (Å²) in [7, 11) is 1.34. The van der Waals surface area contributed by atoms with Crippen LogP contribution in [-0.4, -0.2) is 153 Å². The van der Waals surface area contributed by atoms with Gasteiger partial charge < -0.3 is 66.8 Å². The highest BCUT2D eigenvalue weighted by Crippen LogP contribution is 2.18. The summed E-state index contributed by atoms with van der Waals surface area (Å²) < 4.78 is 19.8. The monoisotopic (exact) mass is 1340 g/mol. The molecule has 26 heteroatoms. The van der Waals surface area contributed by atoms with Crippen molar-refractivity contribution in [2.75, 3.05) is 79.6 Å². The highest BCUT2D eigenvalue weighted by Gasteiger charge is 2.17. The van der Waals surface area contributed by atoms with Gasteiger partial charge >= 0.3 is 24.4 Å². The second kappa shape index (κ2) is 47.4. The summed E-state index contributed by atoms with van der Waals surface area (Å²) in [6.45, 7) is 50.6. The minimum absolute atomic E-state index is 0. The second-order valence-corrected chi connectivity index (χ2v) is 27.0. The minimum Gasteiger partial charge on any atom is -0.453 e. The average Bonchev–Trinajstić information content (AvgIpc) is 1.10. The highest BCUT2D eigenvalue weighted by atomic mass is 16.6. The van der Waals surface area contributed by atoms with Crippen LogP contribution in [0.3, 0.4) is 0 Å². The Balaban J connectivity index is 0.00000118. The Kier molecular flexibility index (Phi) is 43.3. The Labute approximate surface area is 575 Å². The SMILES string of the molecule is C.CC(C)CNc1cc(C(C)C)ccn1.CC(C)COC(=O)N[C@H](C)CNc1nccc(C(C)C)n1.CC(C)OC(=O)N[C@H](C)CNc1nccc(C(C)C)n1.CC(C)c1ccnc(NC[C@@H](C)NC(=O)OCC(C)(C)C)n1.COC(=O)N[C@H](C)CNc1nccc(C(C)C)n1. The maximum Gasteiger partial charge on any atom is 0.407 e. The zero-order valence-corrected chi connectivity index (χ0v) is 61.5. The molecule has 0 unspecified atom stereocenters. The first-order valence-electron chi connectivity index (χ1n) is 33.2. The third-order valence-electron chi connectivity index (χ3n) is 12.7. The van der Waals surface area contributed by atoms with Crippen LogP contribution in [0.4, 0.5) is 48.8 Å². The maximum absolute atomic E-state index is 11.7. The molecule has 5 rings (SSSR count). The van der Waals surface area contributed by atoms with Crippen molar-refractivity contribution in [3.63, 3.8) is 0 Å². The van der Waals surface area contributed by atoms with E-state index in [2.05, 4.69) is 193 Å². The van der Waals surface area contributed by atoms with Gasteiger partial charge in [-0.2, -0.15) is 0 Å². The molecule has 5 heterocycles. The van der Waals surface area contributed by atoms with Crippen molar-refractivity contribution in [2.24, 2.45) is 17.3 Å². The number of nitrogens with zero attached hydrogens (tertiary/aromatic N) is 9. The lowest BCUT2D eigenvalue weighted by molar-refractivity contribution is 0.104. The van der Waals surface area contributed by atoms with Crippen molar-refractivity contribution >= 4 is 54.0 Å². The van der Waals surface area contributed by atoms with Gasteiger partial charge in [0.2, 0.25) is 23.8 Å². The lowest BCUT2D eigenvalue weighted by Gasteiger charge is -2.20. The topological polar surface area (TPSA) is 329 Å². The number of methoxy groups -OCH3 is 1. The fourth-order valence-electron chi connectivity index (χ4n) is 7.23. The normalized spacial score (nSPS) is 12.1. The average molecular weight is 1340 g/mol. The largest absolute Gasteiger partial charge is 0.453 e.